The van der Waals surface area contributed by atoms with E-state index in [0.29, 0.717) is 10.0 Å². The van der Waals surface area contributed by atoms with E-state index in [0.717, 1.165) is 12.1 Å². The lowest BCUT2D eigenvalue weighted by Crippen LogP contribution is -1.96. The fourth-order valence-corrected chi connectivity index (χ4v) is 1.70. The summed E-state index contributed by atoms with van der Waals surface area (Å²) in [6.45, 7) is 0.718. The number of hydrogen-bond donors (Lipinski definition) is 0. The highest BCUT2D eigenvalue weighted by Crippen LogP contribution is 2.21. The van der Waals surface area contributed by atoms with Crippen LogP contribution < -0.4 is 0 Å². The molecule has 0 aliphatic heterocycles. The summed E-state index contributed by atoms with van der Waals surface area (Å²) < 4.78 is 1.95. The Balaban J connectivity index is 2.25. The fraction of sp³-hybridized carbons (Fsp3) is 0.100. The van der Waals surface area contributed by atoms with Gasteiger partial charge in [-0.15, -0.1) is 0 Å². The number of benzene rings is 1. The minimum atomic E-state index is 0.657. The smallest absolute Gasteiger partial charge is 0.0949 e. The Labute approximate surface area is 92.1 Å². The number of aromatic nitrogens is 2. The first-order chi connectivity index (χ1) is 6.75. The zero-order valence-corrected chi connectivity index (χ0v) is 8.83. The predicted octanol–water partition coefficient (Wildman–Crippen LogP) is 3.24. The topological polar surface area (TPSA) is 17.8 Å². The van der Waals surface area contributed by atoms with Gasteiger partial charge in [-0.1, -0.05) is 29.3 Å². The molecule has 1 aromatic heterocycles. The number of nitrogens with zero attached hydrogens (tertiary/aromatic N) is 2. The molecule has 0 bridgehead atoms. The summed E-state index contributed by atoms with van der Waals surface area (Å²) in [6, 6.07) is 5.50. The molecule has 0 atom stereocenters. The van der Waals surface area contributed by atoms with Crippen molar-refractivity contribution in [2.24, 2.45) is 0 Å². The average Bonchev–Trinajstić information content (AvgIpc) is 2.62. The van der Waals surface area contributed by atoms with E-state index in [9.17, 15) is 0 Å². The van der Waals surface area contributed by atoms with Crippen LogP contribution in [0.15, 0.2) is 36.9 Å². The van der Waals surface area contributed by atoms with Gasteiger partial charge in [0.1, 0.15) is 0 Å². The van der Waals surface area contributed by atoms with Gasteiger partial charge in [-0.3, -0.25) is 0 Å². The Bertz CT molecular complexity index is 424. The summed E-state index contributed by atoms with van der Waals surface area (Å²) in [5.41, 5.74) is 1.04. The maximum atomic E-state index is 6.03. The van der Waals surface area contributed by atoms with Crippen LogP contribution in [0.3, 0.4) is 0 Å². The average molecular weight is 227 g/mol. The SMILES string of the molecule is Clc1ccc(Cn2ccnc2)c(Cl)c1. The first kappa shape index (κ1) is 9.56. The molecule has 1 aromatic carbocycles. The second kappa shape index (κ2) is 4.03. The van der Waals surface area contributed by atoms with Crippen molar-refractivity contribution in [2.75, 3.05) is 0 Å². The summed E-state index contributed by atoms with van der Waals surface area (Å²) in [5.74, 6) is 0. The van der Waals surface area contributed by atoms with Gasteiger partial charge in [0.05, 0.1) is 6.33 Å². The van der Waals surface area contributed by atoms with E-state index in [-0.39, 0.29) is 0 Å². The molecule has 0 aliphatic rings. The molecule has 0 spiro atoms. The zero-order chi connectivity index (χ0) is 9.97. The molecule has 4 heteroatoms. The van der Waals surface area contributed by atoms with E-state index < -0.39 is 0 Å². The summed E-state index contributed by atoms with van der Waals surface area (Å²) in [6.07, 6.45) is 5.39. The van der Waals surface area contributed by atoms with Crippen molar-refractivity contribution in [1.82, 2.24) is 9.55 Å². The lowest BCUT2D eigenvalue weighted by Gasteiger charge is -2.04. The molecule has 2 aromatic rings. The van der Waals surface area contributed by atoms with Gasteiger partial charge in [0.25, 0.3) is 0 Å². The van der Waals surface area contributed by atoms with Crippen LogP contribution >= 0.6 is 23.2 Å². The van der Waals surface area contributed by atoms with E-state index in [1.165, 1.54) is 0 Å². The Morgan fingerprint density at radius 3 is 2.79 bits per heavy atom. The summed E-state index contributed by atoms with van der Waals surface area (Å²) in [7, 11) is 0. The Kier molecular flexibility index (Phi) is 2.75. The molecule has 14 heavy (non-hydrogen) atoms. The van der Waals surface area contributed by atoms with Crippen LogP contribution in [0.5, 0.6) is 0 Å². The standard InChI is InChI=1S/C10H8Cl2N2/c11-9-2-1-8(10(12)5-9)6-14-4-3-13-7-14/h1-5,7H,6H2. The molecule has 0 fully saturated rings. The first-order valence-corrected chi connectivity index (χ1v) is 4.91. The highest BCUT2D eigenvalue weighted by Gasteiger charge is 2.01. The highest BCUT2D eigenvalue weighted by molar-refractivity contribution is 6.35. The molecule has 0 aliphatic carbocycles. The van der Waals surface area contributed by atoms with Crippen molar-refractivity contribution in [3.05, 3.63) is 52.5 Å². The van der Waals surface area contributed by atoms with E-state index in [1.54, 1.807) is 18.6 Å². The fourth-order valence-electron chi connectivity index (χ4n) is 1.23. The zero-order valence-electron chi connectivity index (χ0n) is 7.32. The normalized spacial score (nSPS) is 10.4. The molecular formula is C10H8Cl2N2. The number of halogens is 2. The number of rotatable bonds is 2. The molecule has 0 amide bonds. The molecule has 2 rings (SSSR count). The van der Waals surface area contributed by atoms with Crippen LogP contribution in [-0.2, 0) is 6.54 Å². The molecule has 2 nitrogen and oxygen atoms in total. The van der Waals surface area contributed by atoms with Crippen LogP contribution in [0.1, 0.15) is 5.56 Å². The van der Waals surface area contributed by atoms with Crippen LogP contribution in [0.25, 0.3) is 0 Å². The van der Waals surface area contributed by atoms with Gasteiger partial charge < -0.3 is 4.57 Å². The van der Waals surface area contributed by atoms with Crippen molar-refractivity contribution < 1.29 is 0 Å². The maximum absolute atomic E-state index is 6.03. The molecule has 0 N–H and O–H groups in total. The third-order valence-corrected chi connectivity index (χ3v) is 2.51. The van der Waals surface area contributed by atoms with Gasteiger partial charge in [-0.25, -0.2) is 4.98 Å². The van der Waals surface area contributed by atoms with Gasteiger partial charge in [0.2, 0.25) is 0 Å². The molecule has 0 radical (unpaired) electrons. The minimum Gasteiger partial charge on any atom is -0.333 e. The Morgan fingerprint density at radius 2 is 2.14 bits per heavy atom. The molecule has 72 valence electrons. The molecule has 0 saturated carbocycles. The van der Waals surface area contributed by atoms with E-state index in [4.69, 9.17) is 23.2 Å². The van der Waals surface area contributed by atoms with Gasteiger partial charge >= 0.3 is 0 Å². The van der Waals surface area contributed by atoms with Crippen LogP contribution in [0.4, 0.5) is 0 Å². The largest absolute Gasteiger partial charge is 0.333 e. The molecular weight excluding hydrogens is 219 g/mol. The van der Waals surface area contributed by atoms with Crippen LogP contribution in [-0.4, -0.2) is 9.55 Å². The number of hydrogen-bond acceptors (Lipinski definition) is 1. The molecule has 0 saturated heterocycles. The van der Waals surface area contributed by atoms with E-state index in [2.05, 4.69) is 4.98 Å². The van der Waals surface area contributed by atoms with Crippen molar-refractivity contribution in [2.45, 2.75) is 6.54 Å². The van der Waals surface area contributed by atoms with Crippen LogP contribution in [0, 0.1) is 0 Å². The van der Waals surface area contributed by atoms with Crippen molar-refractivity contribution >= 4 is 23.2 Å². The predicted molar refractivity (Wildman–Crippen MR) is 57.8 cm³/mol. The third kappa shape index (κ3) is 2.08. The minimum absolute atomic E-state index is 0.657. The maximum Gasteiger partial charge on any atom is 0.0949 e. The summed E-state index contributed by atoms with van der Waals surface area (Å²) in [4.78, 5) is 3.96. The summed E-state index contributed by atoms with van der Waals surface area (Å²) in [5, 5.41) is 1.34. The number of imidazole rings is 1. The Hall–Kier alpha value is -0.990. The molecule has 1 heterocycles. The summed E-state index contributed by atoms with van der Waals surface area (Å²) >= 11 is 11.8. The first-order valence-electron chi connectivity index (χ1n) is 4.15. The van der Waals surface area contributed by atoms with Crippen molar-refractivity contribution in [3.8, 4) is 0 Å². The second-order valence-electron chi connectivity index (χ2n) is 2.97. The highest BCUT2D eigenvalue weighted by atomic mass is 35.5. The monoisotopic (exact) mass is 226 g/mol. The van der Waals surface area contributed by atoms with Gasteiger partial charge in [-0.05, 0) is 17.7 Å². The third-order valence-electron chi connectivity index (χ3n) is 1.93. The van der Waals surface area contributed by atoms with Gasteiger partial charge in [-0.2, -0.15) is 0 Å². The second-order valence-corrected chi connectivity index (χ2v) is 3.81. The lowest BCUT2D eigenvalue weighted by atomic mass is 10.2. The van der Waals surface area contributed by atoms with Gasteiger partial charge in [0.15, 0.2) is 0 Å². The van der Waals surface area contributed by atoms with Crippen molar-refractivity contribution in [3.63, 3.8) is 0 Å². The van der Waals surface area contributed by atoms with E-state index in [1.807, 2.05) is 22.9 Å². The molecule has 0 unspecified atom stereocenters. The van der Waals surface area contributed by atoms with Gasteiger partial charge in [0, 0.05) is 29.0 Å². The quantitative estimate of drug-likeness (QED) is 0.769. The van der Waals surface area contributed by atoms with Crippen LogP contribution in [0.2, 0.25) is 10.0 Å². The Morgan fingerprint density at radius 1 is 1.29 bits per heavy atom. The lowest BCUT2D eigenvalue weighted by molar-refractivity contribution is 0.797. The van der Waals surface area contributed by atoms with Crippen molar-refractivity contribution in [1.29, 1.82) is 0 Å². The van der Waals surface area contributed by atoms with E-state index >= 15 is 0 Å².